The molecule has 0 saturated heterocycles. The summed E-state index contributed by atoms with van der Waals surface area (Å²) in [6.07, 6.45) is 3.93. The van der Waals surface area contributed by atoms with Gasteiger partial charge < -0.3 is 19.7 Å². The van der Waals surface area contributed by atoms with Gasteiger partial charge >= 0.3 is 5.97 Å². The van der Waals surface area contributed by atoms with Gasteiger partial charge in [0.15, 0.2) is 5.96 Å². The molecule has 0 spiro atoms. The predicted octanol–water partition coefficient (Wildman–Crippen LogP) is 2.46. The number of aliphatic imine (C=N–C) groups is 1. The van der Waals surface area contributed by atoms with E-state index in [2.05, 4.69) is 21.8 Å². The number of allylic oxidation sites excluding steroid dienone is 1. The number of hydrogen-bond acceptors (Lipinski definition) is 4. The molecule has 0 aromatic heterocycles. The molecule has 0 radical (unpaired) electrons. The van der Waals surface area contributed by atoms with Gasteiger partial charge in [0.1, 0.15) is 11.3 Å². The molecular weight excluding hydrogens is 306 g/mol. The Hall–Kier alpha value is -2.50. The number of esters is 1. The molecule has 0 bridgehead atoms. The lowest BCUT2D eigenvalue weighted by Gasteiger charge is -2.22. The van der Waals surface area contributed by atoms with Crippen LogP contribution in [0.25, 0.3) is 0 Å². The molecule has 1 aromatic rings. The molecule has 1 aromatic carbocycles. The van der Waals surface area contributed by atoms with Gasteiger partial charge in [0.2, 0.25) is 0 Å². The number of nitrogens with zero attached hydrogens (tertiary/aromatic N) is 2. The molecule has 0 unspecified atom stereocenters. The molecule has 6 heteroatoms. The summed E-state index contributed by atoms with van der Waals surface area (Å²) in [4.78, 5) is 18.0. The molecule has 0 amide bonds. The van der Waals surface area contributed by atoms with Crippen LogP contribution in [0.5, 0.6) is 5.75 Å². The van der Waals surface area contributed by atoms with Crippen LogP contribution in [0.1, 0.15) is 28.8 Å². The van der Waals surface area contributed by atoms with Crippen LogP contribution in [-0.4, -0.2) is 51.7 Å². The van der Waals surface area contributed by atoms with Crippen molar-refractivity contribution in [3.8, 4) is 5.75 Å². The van der Waals surface area contributed by atoms with E-state index in [1.807, 2.05) is 25.3 Å². The molecule has 0 aliphatic heterocycles. The number of ether oxygens (including phenoxy) is 2. The van der Waals surface area contributed by atoms with Gasteiger partial charge in [-0.3, -0.25) is 4.99 Å². The minimum Gasteiger partial charge on any atom is -0.496 e. The zero-order chi connectivity index (χ0) is 17.9. The predicted molar refractivity (Wildman–Crippen MR) is 96.6 cm³/mol. The van der Waals surface area contributed by atoms with Gasteiger partial charge in [-0.1, -0.05) is 12.1 Å². The van der Waals surface area contributed by atoms with Gasteiger partial charge in [-0.15, -0.1) is 6.58 Å². The Morgan fingerprint density at radius 3 is 2.75 bits per heavy atom. The van der Waals surface area contributed by atoms with Crippen molar-refractivity contribution in [2.45, 2.75) is 19.4 Å². The summed E-state index contributed by atoms with van der Waals surface area (Å²) in [6.45, 7) is 5.21. The Morgan fingerprint density at radius 1 is 1.42 bits per heavy atom. The normalized spacial score (nSPS) is 10.9. The maximum Gasteiger partial charge on any atom is 0.341 e. The Kier molecular flexibility index (Phi) is 8.39. The molecule has 0 saturated carbocycles. The molecule has 6 nitrogen and oxygen atoms in total. The lowest BCUT2D eigenvalue weighted by atomic mass is 10.1. The molecule has 1 rings (SSSR count). The lowest BCUT2D eigenvalue weighted by molar-refractivity contribution is 0.0597. The van der Waals surface area contributed by atoms with E-state index in [1.54, 1.807) is 13.1 Å². The fourth-order valence-corrected chi connectivity index (χ4v) is 2.27. The number of hydrogen-bond donors (Lipinski definition) is 1. The Labute approximate surface area is 144 Å². The second-order valence-electron chi connectivity index (χ2n) is 5.28. The molecule has 1 N–H and O–H groups in total. The van der Waals surface area contributed by atoms with E-state index in [1.165, 1.54) is 14.2 Å². The van der Waals surface area contributed by atoms with Crippen molar-refractivity contribution in [1.29, 1.82) is 0 Å². The molecular formula is C18H27N3O3. The minimum absolute atomic E-state index is 0.412. The highest BCUT2D eigenvalue weighted by Crippen LogP contribution is 2.21. The fourth-order valence-electron chi connectivity index (χ4n) is 2.27. The summed E-state index contributed by atoms with van der Waals surface area (Å²) in [5.41, 5.74) is 1.40. The van der Waals surface area contributed by atoms with E-state index in [9.17, 15) is 4.79 Å². The Bertz CT molecular complexity index is 585. The third-order valence-corrected chi connectivity index (χ3v) is 3.60. The van der Waals surface area contributed by atoms with Crippen LogP contribution in [0, 0.1) is 0 Å². The standard InChI is InChI=1S/C18H27N3O3/c1-6-7-8-11-21(3)18(19-2)20-13-14-9-10-15(17(22)24-5)16(12-14)23-4/h6,9-10,12H,1,7-8,11,13H2,2-5H3,(H,19,20). The average molecular weight is 333 g/mol. The number of carbonyl (C=O) groups is 1. The van der Waals surface area contributed by atoms with E-state index >= 15 is 0 Å². The highest BCUT2D eigenvalue weighted by molar-refractivity contribution is 5.92. The van der Waals surface area contributed by atoms with Crippen LogP contribution in [0.4, 0.5) is 0 Å². The van der Waals surface area contributed by atoms with Crippen LogP contribution >= 0.6 is 0 Å². The Morgan fingerprint density at radius 2 is 2.17 bits per heavy atom. The number of methoxy groups -OCH3 is 2. The summed E-state index contributed by atoms with van der Waals surface area (Å²) >= 11 is 0. The first-order valence-electron chi connectivity index (χ1n) is 7.85. The monoisotopic (exact) mass is 333 g/mol. The third kappa shape index (κ3) is 5.61. The number of unbranched alkanes of at least 4 members (excludes halogenated alkanes) is 1. The fraction of sp³-hybridized carbons (Fsp3) is 0.444. The van der Waals surface area contributed by atoms with Gasteiger partial charge in [-0.2, -0.15) is 0 Å². The first-order chi connectivity index (χ1) is 11.6. The van der Waals surface area contributed by atoms with E-state index in [0.29, 0.717) is 17.9 Å². The number of benzene rings is 1. The van der Waals surface area contributed by atoms with Crippen molar-refractivity contribution in [1.82, 2.24) is 10.2 Å². The SMILES string of the molecule is C=CCCCN(C)C(=NC)NCc1ccc(C(=O)OC)c(OC)c1. The number of guanidine groups is 1. The zero-order valence-corrected chi connectivity index (χ0v) is 15.0. The van der Waals surface area contributed by atoms with Gasteiger partial charge in [0.05, 0.1) is 14.2 Å². The highest BCUT2D eigenvalue weighted by Gasteiger charge is 2.13. The number of carbonyl (C=O) groups excluding carboxylic acids is 1. The first kappa shape index (κ1) is 19.5. The molecule has 132 valence electrons. The van der Waals surface area contributed by atoms with Crippen LogP contribution in [0.2, 0.25) is 0 Å². The second-order valence-corrected chi connectivity index (χ2v) is 5.28. The highest BCUT2D eigenvalue weighted by atomic mass is 16.5. The van der Waals surface area contributed by atoms with Crippen LogP contribution in [0.15, 0.2) is 35.8 Å². The zero-order valence-electron chi connectivity index (χ0n) is 15.0. The summed E-state index contributed by atoms with van der Waals surface area (Å²) in [6, 6.07) is 5.40. The van der Waals surface area contributed by atoms with Crippen molar-refractivity contribution in [2.24, 2.45) is 4.99 Å². The van der Waals surface area contributed by atoms with Crippen molar-refractivity contribution >= 4 is 11.9 Å². The average Bonchev–Trinajstić information content (AvgIpc) is 2.61. The van der Waals surface area contributed by atoms with Crippen LogP contribution in [-0.2, 0) is 11.3 Å². The molecule has 0 fully saturated rings. The van der Waals surface area contributed by atoms with Gasteiger partial charge in [-0.05, 0) is 30.5 Å². The maximum atomic E-state index is 11.7. The summed E-state index contributed by atoms with van der Waals surface area (Å²) < 4.78 is 10.0. The topological polar surface area (TPSA) is 63.2 Å². The second kappa shape index (κ2) is 10.3. The summed E-state index contributed by atoms with van der Waals surface area (Å²) in [5, 5.41) is 3.30. The van der Waals surface area contributed by atoms with Gasteiger partial charge in [0.25, 0.3) is 0 Å². The third-order valence-electron chi connectivity index (χ3n) is 3.60. The van der Waals surface area contributed by atoms with Crippen molar-refractivity contribution < 1.29 is 14.3 Å². The van der Waals surface area contributed by atoms with Crippen molar-refractivity contribution in [3.05, 3.63) is 42.0 Å². The van der Waals surface area contributed by atoms with Crippen LogP contribution < -0.4 is 10.1 Å². The molecule has 24 heavy (non-hydrogen) atoms. The van der Waals surface area contributed by atoms with Crippen LogP contribution in [0.3, 0.4) is 0 Å². The van der Waals surface area contributed by atoms with E-state index in [0.717, 1.165) is 30.9 Å². The number of rotatable bonds is 8. The summed E-state index contributed by atoms with van der Waals surface area (Å²) in [7, 11) is 6.64. The quantitative estimate of drug-likeness (QED) is 0.260. The molecule has 0 heterocycles. The van der Waals surface area contributed by atoms with Gasteiger partial charge in [0, 0.05) is 27.2 Å². The first-order valence-corrected chi connectivity index (χ1v) is 7.85. The van der Waals surface area contributed by atoms with E-state index < -0.39 is 5.97 Å². The largest absolute Gasteiger partial charge is 0.496 e. The van der Waals surface area contributed by atoms with Crippen molar-refractivity contribution in [2.75, 3.05) is 34.9 Å². The van der Waals surface area contributed by atoms with E-state index in [-0.39, 0.29) is 0 Å². The Balaban J connectivity index is 2.71. The van der Waals surface area contributed by atoms with Crippen molar-refractivity contribution in [3.63, 3.8) is 0 Å². The molecule has 0 aliphatic rings. The maximum absolute atomic E-state index is 11.7. The minimum atomic E-state index is -0.413. The van der Waals surface area contributed by atoms with Gasteiger partial charge in [-0.25, -0.2) is 4.79 Å². The smallest absolute Gasteiger partial charge is 0.341 e. The number of nitrogens with one attached hydrogen (secondary N) is 1. The lowest BCUT2D eigenvalue weighted by Crippen LogP contribution is -2.38. The molecule has 0 atom stereocenters. The molecule has 0 aliphatic carbocycles. The summed E-state index contributed by atoms with van der Waals surface area (Å²) in [5.74, 6) is 0.898. The van der Waals surface area contributed by atoms with E-state index in [4.69, 9.17) is 9.47 Å².